The molecule has 3 rings (SSSR count). The van der Waals surface area contributed by atoms with Crippen molar-refractivity contribution in [2.24, 2.45) is 0 Å². The molecule has 0 bridgehead atoms. The molecule has 0 saturated heterocycles. The first-order valence-corrected chi connectivity index (χ1v) is 8.63. The van der Waals surface area contributed by atoms with Crippen LogP contribution in [0.4, 0.5) is 8.78 Å². The van der Waals surface area contributed by atoms with Gasteiger partial charge in [-0.25, -0.2) is 13.6 Å². The van der Waals surface area contributed by atoms with E-state index in [9.17, 15) is 18.4 Å². The molecule has 0 saturated carbocycles. The van der Waals surface area contributed by atoms with Crippen LogP contribution < -0.4 is 0 Å². The summed E-state index contributed by atoms with van der Waals surface area (Å²) < 4.78 is 31.2. The first-order chi connectivity index (χ1) is 12.5. The number of esters is 1. The Bertz CT molecular complexity index is 961. The van der Waals surface area contributed by atoms with Crippen LogP contribution in [-0.4, -0.2) is 18.4 Å². The Kier molecular flexibility index (Phi) is 5.23. The van der Waals surface area contributed by atoms with Crippen LogP contribution in [0.1, 0.15) is 25.6 Å². The minimum Gasteiger partial charge on any atom is -0.453 e. The van der Waals surface area contributed by atoms with Gasteiger partial charge in [0.1, 0.15) is 4.88 Å². The smallest absolute Gasteiger partial charge is 0.349 e. The summed E-state index contributed by atoms with van der Waals surface area (Å²) in [7, 11) is 0. The number of aryl methyl sites for hydroxylation is 1. The van der Waals surface area contributed by atoms with E-state index in [0.717, 1.165) is 34.9 Å². The van der Waals surface area contributed by atoms with Crippen molar-refractivity contribution in [1.29, 1.82) is 0 Å². The third kappa shape index (κ3) is 3.86. The number of rotatable bonds is 5. The molecule has 0 aliphatic rings. The number of hydrogen-bond donors (Lipinski definition) is 0. The summed E-state index contributed by atoms with van der Waals surface area (Å²) in [5, 5.41) is 1.77. The van der Waals surface area contributed by atoms with E-state index in [1.54, 1.807) is 5.38 Å². The standard InChI is InChI=1S/C20H14F2O3S/c1-12-2-4-13(5-3-12)15-8-9-26-19(15)20(24)25-11-18(23)14-6-7-16(21)17(22)10-14/h2-10H,11H2,1H3. The molecule has 2 aromatic carbocycles. The molecule has 1 heterocycles. The van der Waals surface area contributed by atoms with Crippen molar-refractivity contribution in [1.82, 2.24) is 0 Å². The number of hydrogen-bond acceptors (Lipinski definition) is 4. The van der Waals surface area contributed by atoms with Gasteiger partial charge in [0.15, 0.2) is 24.0 Å². The van der Waals surface area contributed by atoms with E-state index >= 15 is 0 Å². The maximum absolute atomic E-state index is 13.2. The van der Waals surface area contributed by atoms with Gasteiger partial charge in [-0.2, -0.15) is 0 Å². The fourth-order valence-electron chi connectivity index (χ4n) is 2.38. The Labute approximate surface area is 152 Å². The van der Waals surface area contributed by atoms with Crippen molar-refractivity contribution < 1.29 is 23.1 Å². The fraction of sp³-hybridized carbons (Fsp3) is 0.100. The van der Waals surface area contributed by atoms with E-state index in [1.807, 2.05) is 37.3 Å². The van der Waals surface area contributed by atoms with E-state index in [0.29, 0.717) is 4.88 Å². The zero-order valence-corrected chi connectivity index (χ0v) is 14.6. The predicted molar refractivity (Wildman–Crippen MR) is 95.5 cm³/mol. The molecule has 0 atom stereocenters. The molecule has 132 valence electrons. The van der Waals surface area contributed by atoms with Crippen LogP contribution in [0.5, 0.6) is 0 Å². The minimum absolute atomic E-state index is 0.0540. The molecule has 3 aromatic rings. The lowest BCUT2D eigenvalue weighted by atomic mass is 10.1. The molecule has 0 amide bonds. The maximum Gasteiger partial charge on any atom is 0.349 e. The van der Waals surface area contributed by atoms with Crippen LogP contribution in [0, 0.1) is 18.6 Å². The van der Waals surface area contributed by atoms with Crippen molar-refractivity contribution >= 4 is 23.1 Å². The van der Waals surface area contributed by atoms with Crippen LogP contribution >= 0.6 is 11.3 Å². The number of carbonyl (C=O) groups excluding carboxylic acids is 2. The number of halogens is 2. The summed E-state index contributed by atoms with van der Waals surface area (Å²) >= 11 is 1.21. The summed E-state index contributed by atoms with van der Waals surface area (Å²) in [5.74, 6) is -3.40. The molecule has 0 spiro atoms. The molecule has 0 fully saturated rings. The normalized spacial score (nSPS) is 10.6. The lowest BCUT2D eigenvalue weighted by Crippen LogP contribution is -2.14. The second-order valence-corrected chi connectivity index (χ2v) is 6.57. The van der Waals surface area contributed by atoms with Gasteiger partial charge in [0.25, 0.3) is 0 Å². The lowest BCUT2D eigenvalue weighted by molar-refractivity contribution is 0.0480. The van der Waals surface area contributed by atoms with Gasteiger partial charge in [0, 0.05) is 11.1 Å². The van der Waals surface area contributed by atoms with Gasteiger partial charge in [-0.15, -0.1) is 11.3 Å². The zero-order valence-electron chi connectivity index (χ0n) is 13.8. The van der Waals surface area contributed by atoms with Gasteiger partial charge >= 0.3 is 5.97 Å². The molecule has 0 unspecified atom stereocenters. The van der Waals surface area contributed by atoms with Crippen molar-refractivity contribution in [3.8, 4) is 11.1 Å². The maximum atomic E-state index is 13.2. The van der Waals surface area contributed by atoms with E-state index in [4.69, 9.17) is 4.74 Å². The molecule has 0 N–H and O–H groups in total. The van der Waals surface area contributed by atoms with E-state index in [1.165, 1.54) is 11.3 Å². The van der Waals surface area contributed by atoms with Crippen molar-refractivity contribution in [2.75, 3.05) is 6.61 Å². The molecule has 0 aliphatic heterocycles. The number of carbonyl (C=O) groups is 2. The highest BCUT2D eigenvalue weighted by Crippen LogP contribution is 2.29. The molecule has 1 aromatic heterocycles. The Morgan fingerprint density at radius 1 is 1.00 bits per heavy atom. The van der Waals surface area contributed by atoms with Crippen LogP contribution in [-0.2, 0) is 4.74 Å². The second-order valence-electron chi connectivity index (χ2n) is 5.66. The van der Waals surface area contributed by atoms with Crippen molar-refractivity contribution in [3.05, 3.63) is 81.5 Å². The predicted octanol–water partition coefficient (Wildman–Crippen LogP) is 5.04. The summed E-state index contributed by atoms with van der Waals surface area (Å²) in [6.07, 6.45) is 0. The van der Waals surface area contributed by atoms with Crippen LogP contribution in [0.15, 0.2) is 53.9 Å². The van der Waals surface area contributed by atoms with Gasteiger partial charge in [-0.1, -0.05) is 29.8 Å². The zero-order chi connectivity index (χ0) is 18.7. The van der Waals surface area contributed by atoms with Gasteiger partial charge < -0.3 is 4.74 Å². The lowest BCUT2D eigenvalue weighted by Gasteiger charge is -2.06. The molecule has 6 heteroatoms. The average molecular weight is 372 g/mol. The summed E-state index contributed by atoms with van der Waals surface area (Å²) in [4.78, 5) is 24.7. The highest BCUT2D eigenvalue weighted by Gasteiger charge is 2.18. The Morgan fingerprint density at radius 3 is 2.42 bits per heavy atom. The van der Waals surface area contributed by atoms with Gasteiger partial charge in [-0.3, -0.25) is 4.79 Å². The third-order valence-electron chi connectivity index (χ3n) is 3.79. The fourth-order valence-corrected chi connectivity index (χ4v) is 3.19. The Balaban J connectivity index is 1.71. The molecule has 3 nitrogen and oxygen atoms in total. The molecular weight excluding hydrogens is 358 g/mol. The summed E-state index contributed by atoms with van der Waals surface area (Å²) in [6, 6.07) is 12.3. The number of thiophene rings is 1. The van der Waals surface area contributed by atoms with E-state index in [2.05, 4.69) is 0 Å². The van der Waals surface area contributed by atoms with Crippen LogP contribution in [0.3, 0.4) is 0 Å². The highest BCUT2D eigenvalue weighted by molar-refractivity contribution is 7.12. The highest BCUT2D eigenvalue weighted by atomic mass is 32.1. The van der Waals surface area contributed by atoms with Gasteiger partial charge in [-0.05, 0) is 42.1 Å². The largest absolute Gasteiger partial charge is 0.453 e. The number of Topliss-reactive ketones (excluding diaryl/α,β-unsaturated/α-hetero) is 1. The van der Waals surface area contributed by atoms with Crippen LogP contribution in [0.25, 0.3) is 11.1 Å². The molecular formula is C20H14F2O3S. The Morgan fingerprint density at radius 2 is 1.73 bits per heavy atom. The monoisotopic (exact) mass is 372 g/mol. The third-order valence-corrected chi connectivity index (χ3v) is 4.68. The van der Waals surface area contributed by atoms with Gasteiger partial charge in [0.05, 0.1) is 0 Å². The quantitative estimate of drug-likeness (QED) is 0.465. The Hall–Kier alpha value is -2.86. The number of benzene rings is 2. The van der Waals surface area contributed by atoms with Crippen LogP contribution in [0.2, 0.25) is 0 Å². The van der Waals surface area contributed by atoms with E-state index < -0.39 is 30.0 Å². The average Bonchev–Trinajstić information content (AvgIpc) is 3.12. The molecule has 0 radical (unpaired) electrons. The topological polar surface area (TPSA) is 43.4 Å². The number of ether oxygens (including phenoxy) is 1. The minimum atomic E-state index is -1.12. The second kappa shape index (κ2) is 7.58. The first kappa shape index (κ1) is 17.9. The van der Waals surface area contributed by atoms with Gasteiger partial charge in [0.2, 0.25) is 0 Å². The summed E-state index contributed by atoms with van der Waals surface area (Å²) in [5.41, 5.74) is 2.64. The van der Waals surface area contributed by atoms with E-state index in [-0.39, 0.29) is 5.56 Å². The number of ketones is 1. The molecule has 26 heavy (non-hydrogen) atoms. The summed E-state index contributed by atoms with van der Waals surface area (Å²) in [6.45, 7) is 1.42. The SMILES string of the molecule is Cc1ccc(-c2ccsc2C(=O)OCC(=O)c2ccc(F)c(F)c2)cc1. The van der Waals surface area contributed by atoms with Crippen molar-refractivity contribution in [3.63, 3.8) is 0 Å². The molecule has 0 aliphatic carbocycles. The first-order valence-electron chi connectivity index (χ1n) is 7.75. The van der Waals surface area contributed by atoms with Crippen molar-refractivity contribution in [2.45, 2.75) is 6.92 Å².